The Morgan fingerprint density at radius 2 is 2.42 bits per heavy atom. The first-order valence-corrected chi connectivity index (χ1v) is 4.19. The number of rotatable bonds is 3. The van der Waals surface area contributed by atoms with Crippen LogP contribution >= 0.6 is 11.5 Å². The monoisotopic (exact) mass is 193 g/mol. The van der Waals surface area contributed by atoms with Crippen molar-refractivity contribution in [2.24, 2.45) is 5.73 Å². The SMILES string of the molecule is CC(N)(Cc1csnn1)C(F)F. The van der Waals surface area contributed by atoms with E-state index in [1.54, 1.807) is 5.38 Å². The van der Waals surface area contributed by atoms with Crippen LogP contribution in [-0.4, -0.2) is 21.6 Å². The molecule has 6 heteroatoms. The molecule has 12 heavy (non-hydrogen) atoms. The highest BCUT2D eigenvalue weighted by Gasteiger charge is 2.31. The van der Waals surface area contributed by atoms with E-state index in [0.29, 0.717) is 5.69 Å². The molecule has 0 saturated carbocycles. The van der Waals surface area contributed by atoms with Crippen LogP contribution in [0.15, 0.2) is 5.38 Å². The average Bonchev–Trinajstić information content (AvgIpc) is 2.38. The predicted molar refractivity (Wildman–Crippen MR) is 42.2 cm³/mol. The number of hydrogen-bond donors (Lipinski definition) is 1. The van der Waals surface area contributed by atoms with Crippen LogP contribution in [0.4, 0.5) is 8.78 Å². The standard InChI is InChI=1S/C6H9F2N3S/c1-6(9,5(7)8)2-4-3-12-11-10-4/h3,5H,2,9H2,1H3. The number of hydrogen-bond acceptors (Lipinski definition) is 4. The highest BCUT2D eigenvalue weighted by molar-refractivity contribution is 7.03. The highest BCUT2D eigenvalue weighted by Crippen LogP contribution is 2.17. The van der Waals surface area contributed by atoms with E-state index < -0.39 is 12.0 Å². The van der Waals surface area contributed by atoms with Gasteiger partial charge < -0.3 is 5.73 Å². The molecule has 0 aromatic carbocycles. The number of aromatic nitrogens is 2. The summed E-state index contributed by atoms with van der Waals surface area (Å²) >= 11 is 1.13. The van der Waals surface area contributed by atoms with Crippen LogP contribution in [0.3, 0.4) is 0 Å². The molecule has 1 atom stereocenters. The number of halogens is 2. The zero-order valence-electron chi connectivity index (χ0n) is 6.50. The van der Waals surface area contributed by atoms with Crippen LogP contribution in [0.1, 0.15) is 12.6 Å². The lowest BCUT2D eigenvalue weighted by atomic mass is 9.99. The first-order chi connectivity index (χ1) is 5.52. The van der Waals surface area contributed by atoms with Gasteiger partial charge in [0, 0.05) is 11.8 Å². The van der Waals surface area contributed by atoms with E-state index in [1.807, 2.05) is 0 Å². The summed E-state index contributed by atoms with van der Waals surface area (Å²) in [6.07, 6.45) is -2.49. The Bertz CT molecular complexity index is 235. The van der Waals surface area contributed by atoms with Crippen LogP contribution in [0.2, 0.25) is 0 Å². The van der Waals surface area contributed by atoms with Crippen molar-refractivity contribution in [3.8, 4) is 0 Å². The lowest BCUT2D eigenvalue weighted by Crippen LogP contribution is -2.45. The molecule has 0 aliphatic rings. The Morgan fingerprint density at radius 1 is 1.75 bits per heavy atom. The van der Waals surface area contributed by atoms with Gasteiger partial charge in [0.15, 0.2) is 0 Å². The maximum absolute atomic E-state index is 12.2. The number of alkyl halides is 2. The normalized spacial score (nSPS) is 16.4. The van der Waals surface area contributed by atoms with Crippen LogP contribution in [0.5, 0.6) is 0 Å². The molecule has 0 fully saturated rings. The zero-order valence-corrected chi connectivity index (χ0v) is 7.31. The third-order valence-electron chi connectivity index (χ3n) is 1.47. The molecule has 0 aliphatic carbocycles. The van der Waals surface area contributed by atoms with Gasteiger partial charge in [-0.1, -0.05) is 4.49 Å². The Labute approximate surface area is 72.8 Å². The fourth-order valence-electron chi connectivity index (χ4n) is 0.728. The zero-order chi connectivity index (χ0) is 9.19. The second-order valence-electron chi connectivity index (χ2n) is 2.88. The maximum Gasteiger partial charge on any atom is 0.256 e. The molecule has 0 radical (unpaired) electrons. The second-order valence-corrected chi connectivity index (χ2v) is 3.49. The molecule has 1 aromatic rings. The third-order valence-corrected chi connectivity index (χ3v) is 2.02. The topological polar surface area (TPSA) is 51.8 Å². The van der Waals surface area contributed by atoms with Crippen molar-refractivity contribution in [1.29, 1.82) is 0 Å². The molecule has 1 heterocycles. The van der Waals surface area contributed by atoms with Crippen molar-refractivity contribution in [3.63, 3.8) is 0 Å². The molecule has 68 valence electrons. The molecule has 1 rings (SSSR count). The van der Waals surface area contributed by atoms with Gasteiger partial charge in [0.2, 0.25) is 0 Å². The van der Waals surface area contributed by atoms with Crippen LogP contribution in [0, 0.1) is 0 Å². The van der Waals surface area contributed by atoms with Gasteiger partial charge in [-0.2, -0.15) is 0 Å². The smallest absolute Gasteiger partial charge is 0.256 e. The Balaban J connectivity index is 2.62. The Kier molecular flexibility index (Phi) is 2.69. The summed E-state index contributed by atoms with van der Waals surface area (Å²) in [5, 5.41) is 5.26. The summed E-state index contributed by atoms with van der Waals surface area (Å²) in [5.41, 5.74) is 4.35. The lowest BCUT2D eigenvalue weighted by Gasteiger charge is -2.21. The molecular formula is C6H9F2N3S. The minimum Gasteiger partial charge on any atom is -0.320 e. The van der Waals surface area contributed by atoms with E-state index in [2.05, 4.69) is 9.59 Å². The van der Waals surface area contributed by atoms with Crippen molar-refractivity contribution in [2.75, 3.05) is 0 Å². The van der Waals surface area contributed by atoms with E-state index in [0.717, 1.165) is 11.5 Å². The summed E-state index contributed by atoms with van der Waals surface area (Å²) in [5.74, 6) is 0. The van der Waals surface area contributed by atoms with E-state index >= 15 is 0 Å². The molecule has 1 unspecified atom stereocenters. The highest BCUT2D eigenvalue weighted by atomic mass is 32.1. The molecule has 2 N–H and O–H groups in total. The van der Waals surface area contributed by atoms with Gasteiger partial charge >= 0.3 is 0 Å². The van der Waals surface area contributed by atoms with Gasteiger partial charge in [0.25, 0.3) is 6.43 Å². The Hall–Kier alpha value is -0.620. The summed E-state index contributed by atoms with van der Waals surface area (Å²) < 4.78 is 28.0. The van der Waals surface area contributed by atoms with Crippen LogP contribution < -0.4 is 5.73 Å². The van der Waals surface area contributed by atoms with E-state index in [4.69, 9.17) is 5.73 Å². The molecule has 0 amide bonds. The predicted octanol–water partition coefficient (Wildman–Crippen LogP) is 1.06. The second kappa shape index (κ2) is 3.40. The Morgan fingerprint density at radius 3 is 2.83 bits per heavy atom. The minimum absolute atomic E-state index is 0.0567. The third kappa shape index (κ3) is 2.18. The molecule has 0 aliphatic heterocycles. The summed E-state index contributed by atoms with van der Waals surface area (Å²) in [7, 11) is 0. The van der Waals surface area contributed by atoms with E-state index in [1.165, 1.54) is 6.92 Å². The fourth-order valence-corrected chi connectivity index (χ4v) is 1.18. The summed E-state index contributed by atoms with van der Waals surface area (Å²) in [6.45, 7) is 1.30. The first-order valence-electron chi connectivity index (χ1n) is 3.35. The number of nitrogens with zero attached hydrogens (tertiary/aromatic N) is 2. The van der Waals surface area contributed by atoms with Crippen molar-refractivity contribution in [1.82, 2.24) is 9.59 Å². The average molecular weight is 193 g/mol. The molecule has 3 nitrogen and oxygen atoms in total. The van der Waals surface area contributed by atoms with Gasteiger partial charge in [0.1, 0.15) is 0 Å². The van der Waals surface area contributed by atoms with Gasteiger partial charge in [-0.15, -0.1) is 5.10 Å². The van der Waals surface area contributed by atoms with E-state index in [-0.39, 0.29) is 6.42 Å². The van der Waals surface area contributed by atoms with Crippen molar-refractivity contribution in [3.05, 3.63) is 11.1 Å². The van der Waals surface area contributed by atoms with Gasteiger partial charge in [0.05, 0.1) is 11.2 Å². The molecule has 0 spiro atoms. The molecule has 1 aromatic heterocycles. The molecule has 0 saturated heterocycles. The van der Waals surface area contributed by atoms with Crippen LogP contribution in [0.25, 0.3) is 0 Å². The van der Waals surface area contributed by atoms with E-state index in [9.17, 15) is 8.78 Å². The van der Waals surface area contributed by atoms with Gasteiger partial charge in [-0.25, -0.2) is 8.78 Å². The van der Waals surface area contributed by atoms with Crippen molar-refractivity contribution >= 4 is 11.5 Å². The first kappa shape index (κ1) is 9.47. The molecule has 0 bridgehead atoms. The quantitative estimate of drug-likeness (QED) is 0.781. The lowest BCUT2D eigenvalue weighted by molar-refractivity contribution is 0.0634. The maximum atomic E-state index is 12.2. The van der Waals surface area contributed by atoms with Crippen LogP contribution in [-0.2, 0) is 6.42 Å². The van der Waals surface area contributed by atoms with Crippen molar-refractivity contribution < 1.29 is 8.78 Å². The largest absolute Gasteiger partial charge is 0.320 e. The van der Waals surface area contributed by atoms with Gasteiger partial charge in [-0.3, -0.25) is 0 Å². The minimum atomic E-state index is -2.54. The van der Waals surface area contributed by atoms with Crippen molar-refractivity contribution in [2.45, 2.75) is 25.3 Å². The van der Waals surface area contributed by atoms with Gasteiger partial charge in [-0.05, 0) is 18.5 Å². The summed E-state index contributed by atoms with van der Waals surface area (Å²) in [4.78, 5) is 0. The fraction of sp³-hybridized carbons (Fsp3) is 0.667. The summed E-state index contributed by atoms with van der Waals surface area (Å²) in [6, 6.07) is 0. The molecular weight excluding hydrogens is 184 g/mol. The number of nitrogens with two attached hydrogens (primary N) is 1.